The standard InChI is InChI=1S/C13H9F5O2/c14-12(15,13(16,17)18)11(20)8-10(19)7-6-9-4-2-1-3-5-9/h1-8,19H/b7-6+,10-8?. The van der Waals surface area contributed by atoms with Crippen LogP contribution < -0.4 is 0 Å². The van der Waals surface area contributed by atoms with E-state index in [1.807, 2.05) is 0 Å². The molecule has 0 radical (unpaired) electrons. The van der Waals surface area contributed by atoms with Crippen molar-refractivity contribution >= 4 is 11.9 Å². The number of aliphatic hydroxyl groups excluding tert-OH is 1. The molecule has 0 aliphatic rings. The Morgan fingerprint density at radius 1 is 1.05 bits per heavy atom. The molecule has 0 unspecified atom stereocenters. The first kappa shape index (κ1) is 15.9. The summed E-state index contributed by atoms with van der Waals surface area (Å²) in [6, 6.07) is 8.24. The zero-order valence-electron chi connectivity index (χ0n) is 9.86. The highest BCUT2D eigenvalue weighted by Gasteiger charge is 2.62. The zero-order valence-corrected chi connectivity index (χ0v) is 9.86. The van der Waals surface area contributed by atoms with Gasteiger partial charge in [-0.25, -0.2) is 0 Å². The van der Waals surface area contributed by atoms with Crippen LogP contribution >= 0.6 is 0 Å². The van der Waals surface area contributed by atoms with E-state index in [1.54, 1.807) is 30.3 Å². The van der Waals surface area contributed by atoms with Crippen molar-refractivity contribution in [2.24, 2.45) is 0 Å². The summed E-state index contributed by atoms with van der Waals surface area (Å²) in [6.07, 6.45) is -4.05. The molecule has 1 N–H and O–H groups in total. The van der Waals surface area contributed by atoms with Gasteiger partial charge in [0.1, 0.15) is 5.76 Å². The highest BCUT2D eigenvalue weighted by molar-refractivity contribution is 5.97. The minimum Gasteiger partial charge on any atom is -0.508 e. The molecule has 0 spiro atoms. The summed E-state index contributed by atoms with van der Waals surface area (Å²) in [5.41, 5.74) is 0.572. The predicted molar refractivity (Wildman–Crippen MR) is 62.2 cm³/mol. The minimum absolute atomic E-state index is 0.160. The van der Waals surface area contributed by atoms with Gasteiger partial charge in [0, 0.05) is 6.08 Å². The number of aliphatic hydroxyl groups is 1. The largest absolute Gasteiger partial charge is 0.508 e. The Hall–Kier alpha value is -2.18. The van der Waals surface area contributed by atoms with Gasteiger partial charge in [-0.1, -0.05) is 36.4 Å². The maximum absolute atomic E-state index is 12.6. The van der Waals surface area contributed by atoms with E-state index in [4.69, 9.17) is 5.11 Å². The summed E-state index contributed by atoms with van der Waals surface area (Å²) in [5.74, 6) is -9.05. The fraction of sp³-hybridized carbons (Fsp3) is 0.154. The molecular weight excluding hydrogens is 283 g/mol. The van der Waals surface area contributed by atoms with Gasteiger partial charge in [-0.05, 0) is 11.6 Å². The number of alkyl halides is 5. The smallest absolute Gasteiger partial charge is 0.461 e. The first-order valence-electron chi connectivity index (χ1n) is 5.27. The molecular formula is C13H9F5O2. The molecule has 2 nitrogen and oxygen atoms in total. The van der Waals surface area contributed by atoms with E-state index in [-0.39, 0.29) is 6.08 Å². The maximum Gasteiger partial charge on any atom is 0.461 e. The van der Waals surface area contributed by atoms with Crippen LogP contribution in [0.3, 0.4) is 0 Å². The molecule has 1 rings (SSSR count). The second kappa shape index (κ2) is 5.85. The Bertz CT molecular complexity index is 529. The summed E-state index contributed by atoms with van der Waals surface area (Å²) in [4.78, 5) is 10.8. The maximum atomic E-state index is 12.6. The Morgan fingerprint density at radius 2 is 1.60 bits per heavy atom. The van der Waals surface area contributed by atoms with Crippen LogP contribution in [-0.4, -0.2) is 23.0 Å². The van der Waals surface area contributed by atoms with Crippen LogP contribution in [-0.2, 0) is 4.79 Å². The highest BCUT2D eigenvalue weighted by Crippen LogP contribution is 2.36. The number of carbonyl (C=O) groups excluding carboxylic acids is 1. The van der Waals surface area contributed by atoms with E-state index in [1.165, 1.54) is 6.08 Å². The van der Waals surface area contributed by atoms with Crippen molar-refractivity contribution in [1.82, 2.24) is 0 Å². The van der Waals surface area contributed by atoms with Crippen LogP contribution in [0, 0.1) is 0 Å². The van der Waals surface area contributed by atoms with E-state index in [0.29, 0.717) is 5.56 Å². The summed E-state index contributed by atoms with van der Waals surface area (Å²) in [7, 11) is 0. The summed E-state index contributed by atoms with van der Waals surface area (Å²) in [5, 5.41) is 9.16. The monoisotopic (exact) mass is 292 g/mol. The number of halogens is 5. The van der Waals surface area contributed by atoms with Gasteiger partial charge in [-0.2, -0.15) is 22.0 Å². The number of allylic oxidation sites excluding steroid dienone is 2. The molecule has 108 valence electrons. The lowest BCUT2D eigenvalue weighted by atomic mass is 10.1. The molecule has 0 fully saturated rings. The molecule has 0 amide bonds. The van der Waals surface area contributed by atoms with Gasteiger partial charge in [0.2, 0.25) is 5.78 Å². The highest BCUT2D eigenvalue weighted by atomic mass is 19.4. The molecule has 7 heteroatoms. The number of benzene rings is 1. The van der Waals surface area contributed by atoms with Crippen molar-refractivity contribution in [1.29, 1.82) is 0 Å². The van der Waals surface area contributed by atoms with Gasteiger partial charge < -0.3 is 5.11 Å². The number of ketones is 1. The van der Waals surface area contributed by atoms with Gasteiger partial charge in [0.05, 0.1) is 0 Å². The lowest BCUT2D eigenvalue weighted by Crippen LogP contribution is -2.43. The topological polar surface area (TPSA) is 37.3 Å². The van der Waals surface area contributed by atoms with Crippen molar-refractivity contribution in [2.75, 3.05) is 0 Å². The van der Waals surface area contributed by atoms with E-state index < -0.39 is 23.6 Å². The lowest BCUT2D eigenvalue weighted by molar-refractivity contribution is -0.266. The van der Waals surface area contributed by atoms with Crippen LogP contribution in [0.25, 0.3) is 6.08 Å². The quantitative estimate of drug-likeness (QED) is 0.395. The van der Waals surface area contributed by atoms with Gasteiger partial charge in [0.15, 0.2) is 0 Å². The fourth-order valence-electron chi connectivity index (χ4n) is 1.16. The van der Waals surface area contributed by atoms with Gasteiger partial charge in [-0.15, -0.1) is 0 Å². The molecule has 20 heavy (non-hydrogen) atoms. The summed E-state index contributed by atoms with van der Waals surface area (Å²) >= 11 is 0. The summed E-state index contributed by atoms with van der Waals surface area (Å²) < 4.78 is 60.8. The van der Waals surface area contributed by atoms with E-state index >= 15 is 0 Å². The summed E-state index contributed by atoms with van der Waals surface area (Å²) in [6.45, 7) is 0. The second-order valence-electron chi connectivity index (χ2n) is 3.75. The third-order valence-corrected chi connectivity index (χ3v) is 2.19. The third-order valence-electron chi connectivity index (χ3n) is 2.19. The van der Waals surface area contributed by atoms with E-state index in [0.717, 1.165) is 6.08 Å². The zero-order chi connectivity index (χ0) is 15.4. The molecule has 0 heterocycles. The van der Waals surface area contributed by atoms with Crippen molar-refractivity contribution in [3.8, 4) is 0 Å². The Kier molecular flexibility index (Phi) is 4.65. The Labute approximate surface area is 110 Å². The minimum atomic E-state index is -6.00. The first-order chi connectivity index (χ1) is 9.14. The number of hydrogen-bond donors (Lipinski definition) is 1. The molecule has 0 saturated heterocycles. The van der Waals surface area contributed by atoms with Crippen molar-refractivity contribution in [2.45, 2.75) is 12.1 Å². The average molecular weight is 292 g/mol. The average Bonchev–Trinajstić information content (AvgIpc) is 2.36. The van der Waals surface area contributed by atoms with Crippen molar-refractivity contribution < 1.29 is 31.9 Å². The van der Waals surface area contributed by atoms with E-state index in [9.17, 15) is 26.7 Å². The van der Waals surface area contributed by atoms with Crippen LogP contribution in [0.2, 0.25) is 0 Å². The van der Waals surface area contributed by atoms with Crippen LogP contribution in [0.5, 0.6) is 0 Å². The van der Waals surface area contributed by atoms with Crippen molar-refractivity contribution in [3.63, 3.8) is 0 Å². The molecule has 1 aromatic carbocycles. The Balaban J connectivity index is 2.85. The molecule has 0 aromatic heterocycles. The molecule has 0 saturated carbocycles. The number of rotatable bonds is 4. The number of hydrogen-bond acceptors (Lipinski definition) is 2. The van der Waals surface area contributed by atoms with Crippen LogP contribution in [0.15, 0.2) is 48.2 Å². The lowest BCUT2D eigenvalue weighted by Gasteiger charge is -2.16. The third kappa shape index (κ3) is 3.91. The molecule has 1 aromatic rings. The molecule has 0 aliphatic heterocycles. The predicted octanol–water partition coefficient (Wildman–Crippen LogP) is 3.91. The number of carbonyl (C=O) groups is 1. The van der Waals surface area contributed by atoms with Gasteiger partial charge in [-0.3, -0.25) is 4.79 Å². The molecule has 0 bridgehead atoms. The Morgan fingerprint density at radius 3 is 2.10 bits per heavy atom. The van der Waals surface area contributed by atoms with E-state index in [2.05, 4.69) is 0 Å². The fourth-order valence-corrected chi connectivity index (χ4v) is 1.16. The SMILES string of the molecule is O=C(C=C(O)/C=C/c1ccccc1)C(F)(F)C(F)(F)F. The van der Waals surface area contributed by atoms with Gasteiger partial charge >= 0.3 is 12.1 Å². The molecule has 0 atom stereocenters. The normalized spacial score (nSPS) is 13.8. The van der Waals surface area contributed by atoms with Crippen LogP contribution in [0.4, 0.5) is 22.0 Å². The van der Waals surface area contributed by atoms with Gasteiger partial charge in [0.25, 0.3) is 0 Å². The van der Waals surface area contributed by atoms with Crippen LogP contribution in [0.1, 0.15) is 5.56 Å². The van der Waals surface area contributed by atoms with Crippen molar-refractivity contribution in [3.05, 3.63) is 53.8 Å². The first-order valence-corrected chi connectivity index (χ1v) is 5.27. The molecule has 0 aliphatic carbocycles. The second-order valence-corrected chi connectivity index (χ2v) is 3.75.